The third kappa shape index (κ3) is 5.13. The number of halogens is 3. The van der Waals surface area contributed by atoms with Gasteiger partial charge < -0.3 is 5.32 Å². The van der Waals surface area contributed by atoms with Gasteiger partial charge in [-0.15, -0.1) is 0 Å². The number of thioether (sulfide) groups is 1. The SMILES string of the molecule is CC(C)Cc1cc(C(F)(F)F)c(C#N)c(SCC(=O)NC2CC2)n1. The first-order valence-corrected chi connectivity index (χ1v) is 8.62. The van der Waals surface area contributed by atoms with E-state index in [9.17, 15) is 18.0 Å². The zero-order valence-corrected chi connectivity index (χ0v) is 14.2. The molecule has 1 aliphatic carbocycles. The smallest absolute Gasteiger partial charge is 0.353 e. The number of pyridine rings is 1. The first-order chi connectivity index (χ1) is 11.2. The van der Waals surface area contributed by atoms with E-state index in [1.807, 2.05) is 13.8 Å². The molecule has 1 aromatic rings. The second-order valence-corrected chi connectivity index (χ2v) is 7.14. The lowest BCUT2D eigenvalue weighted by Crippen LogP contribution is -2.27. The van der Waals surface area contributed by atoms with E-state index in [4.69, 9.17) is 5.26 Å². The van der Waals surface area contributed by atoms with E-state index in [0.29, 0.717) is 6.42 Å². The number of hydrogen-bond acceptors (Lipinski definition) is 4. The van der Waals surface area contributed by atoms with Gasteiger partial charge in [-0.3, -0.25) is 4.79 Å². The number of nitrogens with zero attached hydrogens (tertiary/aromatic N) is 2. The number of nitrogens with one attached hydrogen (secondary N) is 1. The van der Waals surface area contributed by atoms with Gasteiger partial charge in [0.2, 0.25) is 5.91 Å². The lowest BCUT2D eigenvalue weighted by molar-refractivity contribution is -0.138. The number of amides is 1. The molecule has 0 bridgehead atoms. The summed E-state index contributed by atoms with van der Waals surface area (Å²) >= 11 is 0.875. The fourth-order valence-electron chi connectivity index (χ4n) is 2.16. The summed E-state index contributed by atoms with van der Waals surface area (Å²) in [5, 5.41) is 11.9. The van der Waals surface area contributed by atoms with Crippen LogP contribution in [0.25, 0.3) is 0 Å². The van der Waals surface area contributed by atoms with Crippen LogP contribution < -0.4 is 5.32 Å². The van der Waals surface area contributed by atoms with Gasteiger partial charge in [-0.1, -0.05) is 25.6 Å². The number of carbonyl (C=O) groups is 1. The van der Waals surface area contributed by atoms with E-state index >= 15 is 0 Å². The molecule has 1 aliphatic rings. The van der Waals surface area contributed by atoms with E-state index in [2.05, 4.69) is 10.3 Å². The molecule has 1 heterocycles. The van der Waals surface area contributed by atoms with Crippen molar-refractivity contribution in [1.82, 2.24) is 10.3 Å². The van der Waals surface area contributed by atoms with Gasteiger partial charge in [0.05, 0.1) is 16.9 Å². The van der Waals surface area contributed by atoms with Crippen molar-refractivity contribution in [2.45, 2.75) is 50.4 Å². The second kappa shape index (κ2) is 7.43. The van der Waals surface area contributed by atoms with E-state index in [0.717, 1.165) is 30.7 Å². The number of alkyl halides is 3. The first kappa shape index (κ1) is 18.6. The maximum atomic E-state index is 13.2. The second-order valence-electron chi connectivity index (χ2n) is 6.18. The van der Waals surface area contributed by atoms with Gasteiger partial charge >= 0.3 is 6.18 Å². The van der Waals surface area contributed by atoms with Crippen LogP contribution in [0, 0.1) is 17.2 Å². The van der Waals surface area contributed by atoms with Gasteiger partial charge in [-0.25, -0.2) is 4.98 Å². The highest BCUT2D eigenvalue weighted by molar-refractivity contribution is 8.00. The summed E-state index contributed by atoms with van der Waals surface area (Å²) in [5.41, 5.74) is -1.22. The van der Waals surface area contributed by atoms with Crippen molar-refractivity contribution in [3.05, 3.63) is 22.9 Å². The largest absolute Gasteiger partial charge is 0.417 e. The Hall–Kier alpha value is -1.75. The van der Waals surface area contributed by atoms with Gasteiger partial charge in [-0.05, 0) is 31.2 Å². The number of rotatable bonds is 6. The molecule has 130 valence electrons. The number of aromatic nitrogens is 1. The molecule has 8 heteroatoms. The molecule has 0 aliphatic heterocycles. The maximum absolute atomic E-state index is 13.2. The molecule has 0 atom stereocenters. The molecule has 0 aromatic carbocycles. The van der Waals surface area contributed by atoms with E-state index < -0.39 is 17.3 Å². The minimum Gasteiger partial charge on any atom is -0.353 e. The van der Waals surface area contributed by atoms with Crippen molar-refractivity contribution in [3.63, 3.8) is 0 Å². The van der Waals surface area contributed by atoms with E-state index in [-0.39, 0.29) is 34.3 Å². The Morgan fingerprint density at radius 1 is 1.50 bits per heavy atom. The minimum atomic E-state index is -4.63. The van der Waals surface area contributed by atoms with Crippen LogP contribution in [0.2, 0.25) is 0 Å². The Morgan fingerprint density at radius 2 is 2.17 bits per heavy atom. The Balaban J connectivity index is 2.28. The van der Waals surface area contributed by atoms with Crippen LogP contribution in [0.1, 0.15) is 43.5 Å². The summed E-state index contributed by atoms with van der Waals surface area (Å²) < 4.78 is 39.7. The summed E-state index contributed by atoms with van der Waals surface area (Å²) in [4.78, 5) is 15.9. The molecule has 1 fully saturated rings. The number of nitriles is 1. The Kier molecular flexibility index (Phi) is 5.75. The molecule has 24 heavy (non-hydrogen) atoms. The summed E-state index contributed by atoms with van der Waals surface area (Å²) in [5.74, 6) is -0.181. The molecule has 0 spiro atoms. The van der Waals surface area contributed by atoms with Crippen molar-refractivity contribution < 1.29 is 18.0 Å². The van der Waals surface area contributed by atoms with E-state index in [1.54, 1.807) is 6.07 Å². The quantitative estimate of drug-likeness (QED) is 0.791. The lowest BCUT2D eigenvalue weighted by Gasteiger charge is -2.15. The van der Waals surface area contributed by atoms with Crippen molar-refractivity contribution >= 4 is 17.7 Å². The average molecular weight is 357 g/mol. The summed E-state index contributed by atoms with van der Waals surface area (Å²) in [6.07, 6.45) is -2.40. The summed E-state index contributed by atoms with van der Waals surface area (Å²) in [6, 6.07) is 2.71. The van der Waals surface area contributed by atoms with Crippen molar-refractivity contribution in [2.24, 2.45) is 5.92 Å². The van der Waals surface area contributed by atoms with Crippen molar-refractivity contribution in [2.75, 3.05) is 5.75 Å². The summed E-state index contributed by atoms with van der Waals surface area (Å²) in [7, 11) is 0. The Morgan fingerprint density at radius 3 is 2.67 bits per heavy atom. The average Bonchev–Trinajstić information content (AvgIpc) is 3.26. The van der Waals surface area contributed by atoms with E-state index in [1.165, 1.54) is 0 Å². The van der Waals surface area contributed by atoms with Gasteiger partial charge in [0.1, 0.15) is 11.1 Å². The van der Waals surface area contributed by atoms with Crippen LogP contribution in [0.4, 0.5) is 13.2 Å². The fraction of sp³-hybridized carbons (Fsp3) is 0.562. The molecule has 2 rings (SSSR count). The number of hydrogen-bond donors (Lipinski definition) is 1. The molecule has 0 saturated heterocycles. The van der Waals surface area contributed by atoms with Crippen LogP contribution in [0.5, 0.6) is 0 Å². The first-order valence-electron chi connectivity index (χ1n) is 7.64. The van der Waals surface area contributed by atoms with Crippen LogP contribution in [-0.4, -0.2) is 22.7 Å². The van der Waals surface area contributed by atoms with Gasteiger partial charge in [0.15, 0.2) is 0 Å². The highest BCUT2D eigenvalue weighted by atomic mass is 32.2. The number of carbonyl (C=O) groups excluding carboxylic acids is 1. The van der Waals surface area contributed by atoms with Gasteiger partial charge in [-0.2, -0.15) is 18.4 Å². The minimum absolute atomic E-state index is 0.0334. The van der Waals surface area contributed by atoms with Crippen LogP contribution in [0.3, 0.4) is 0 Å². The van der Waals surface area contributed by atoms with Crippen molar-refractivity contribution in [1.29, 1.82) is 5.26 Å². The normalized spacial score (nSPS) is 14.5. The van der Waals surface area contributed by atoms with Gasteiger partial charge in [0, 0.05) is 11.7 Å². The molecule has 1 N–H and O–H groups in total. The standard InChI is InChI=1S/C16H18F3N3OS/c1-9(2)5-11-6-13(16(17,18)19)12(7-20)15(22-11)24-8-14(23)21-10-3-4-10/h6,9-10H,3-5,8H2,1-2H3,(H,21,23). The van der Waals surface area contributed by atoms with Crippen LogP contribution >= 0.6 is 11.8 Å². The molecule has 0 unspecified atom stereocenters. The fourth-order valence-corrected chi connectivity index (χ4v) is 3.00. The topological polar surface area (TPSA) is 65.8 Å². The molecule has 1 saturated carbocycles. The third-order valence-corrected chi connectivity index (χ3v) is 4.33. The highest BCUT2D eigenvalue weighted by Crippen LogP contribution is 2.36. The summed E-state index contributed by atoms with van der Waals surface area (Å²) in [6.45, 7) is 3.76. The Bertz CT molecular complexity index is 664. The molecule has 4 nitrogen and oxygen atoms in total. The Labute approximate surface area is 142 Å². The maximum Gasteiger partial charge on any atom is 0.417 e. The lowest BCUT2D eigenvalue weighted by atomic mass is 10.0. The predicted octanol–water partition coefficient (Wildman–Crippen LogP) is 3.54. The van der Waals surface area contributed by atoms with Crippen LogP contribution in [0.15, 0.2) is 11.1 Å². The monoisotopic (exact) mass is 357 g/mol. The third-order valence-electron chi connectivity index (χ3n) is 3.36. The highest BCUT2D eigenvalue weighted by Gasteiger charge is 2.36. The molecule has 1 aromatic heterocycles. The zero-order chi connectivity index (χ0) is 17.9. The van der Waals surface area contributed by atoms with Crippen LogP contribution in [-0.2, 0) is 17.4 Å². The molecule has 1 amide bonds. The molecule has 0 radical (unpaired) electrons. The zero-order valence-electron chi connectivity index (χ0n) is 13.4. The molecular weight excluding hydrogens is 339 g/mol. The molecular formula is C16H18F3N3OS. The van der Waals surface area contributed by atoms with Crippen molar-refractivity contribution in [3.8, 4) is 6.07 Å². The van der Waals surface area contributed by atoms with Gasteiger partial charge in [0.25, 0.3) is 0 Å². The predicted molar refractivity (Wildman–Crippen MR) is 84.4 cm³/mol.